The SMILES string of the molecule is Cc1[nH]c(=O)c(Br)c(OCc2ccc(F)cc2F)c1-c1ccc(C(N)=O)cc1C(F)(F)F. The predicted molar refractivity (Wildman–Crippen MR) is 109 cm³/mol. The van der Waals surface area contributed by atoms with E-state index in [-0.39, 0.29) is 32.6 Å². The number of nitrogens with one attached hydrogen (secondary N) is 1. The van der Waals surface area contributed by atoms with Crippen LogP contribution >= 0.6 is 15.9 Å². The Kier molecular flexibility index (Phi) is 6.40. The lowest BCUT2D eigenvalue weighted by atomic mass is 9.95. The molecule has 0 saturated carbocycles. The molecule has 0 saturated heterocycles. The number of aromatic amines is 1. The highest BCUT2D eigenvalue weighted by Gasteiger charge is 2.36. The van der Waals surface area contributed by atoms with Crippen LogP contribution in [0.4, 0.5) is 22.0 Å². The largest absolute Gasteiger partial charge is 0.487 e. The maximum atomic E-state index is 14.0. The van der Waals surface area contributed by atoms with E-state index >= 15 is 0 Å². The standard InChI is InChI=1S/C21H14BrF5N2O3/c1-9-16(13-5-3-10(19(28)30)6-14(13)21(25,26)27)18(17(22)20(31)29-9)32-8-11-2-4-12(23)7-15(11)24/h2-7H,8H2,1H3,(H2,28,30)(H,29,31). The molecular formula is C21H14BrF5N2O3. The molecule has 0 spiro atoms. The molecule has 5 nitrogen and oxygen atoms in total. The highest BCUT2D eigenvalue weighted by atomic mass is 79.9. The topological polar surface area (TPSA) is 85.2 Å². The van der Waals surface area contributed by atoms with E-state index in [9.17, 15) is 31.5 Å². The molecule has 1 heterocycles. The lowest BCUT2D eigenvalue weighted by Gasteiger charge is -2.20. The number of carbonyl (C=O) groups excluding carboxylic acids is 1. The van der Waals surface area contributed by atoms with Gasteiger partial charge in [0.25, 0.3) is 5.56 Å². The lowest BCUT2D eigenvalue weighted by Crippen LogP contribution is -2.17. The van der Waals surface area contributed by atoms with Crippen molar-refractivity contribution in [1.29, 1.82) is 0 Å². The lowest BCUT2D eigenvalue weighted by molar-refractivity contribution is -0.137. The van der Waals surface area contributed by atoms with Gasteiger partial charge in [-0.05, 0) is 52.7 Å². The summed E-state index contributed by atoms with van der Waals surface area (Å²) in [7, 11) is 0. The molecule has 0 atom stereocenters. The molecule has 1 amide bonds. The van der Waals surface area contributed by atoms with Gasteiger partial charge in [0, 0.05) is 28.5 Å². The van der Waals surface area contributed by atoms with E-state index in [0.29, 0.717) is 12.1 Å². The number of rotatable bonds is 5. The van der Waals surface area contributed by atoms with Crippen LogP contribution in [-0.2, 0) is 12.8 Å². The number of hydrogen-bond donors (Lipinski definition) is 2. The summed E-state index contributed by atoms with van der Waals surface area (Å²) in [5.41, 5.74) is 2.28. The number of halogens is 6. The number of alkyl halides is 3. The van der Waals surface area contributed by atoms with Crippen molar-refractivity contribution >= 4 is 21.8 Å². The number of amides is 1. The molecule has 0 aliphatic rings. The van der Waals surface area contributed by atoms with E-state index in [1.54, 1.807) is 0 Å². The highest BCUT2D eigenvalue weighted by Crippen LogP contribution is 2.43. The van der Waals surface area contributed by atoms with Gasteiger partial charge in [-0.25, -0.2) is 8.78 Å². The van der Waals surface area contributed by atoms with E-state index in [0.717, 1.165) is 24.3 Å². The number of aromatic nitrogens is 1. The Bertz CT molecular complexity index is 1270. The van der Waals surface area contributed by atoms with Crippen molar-refractivity contribution in [2.45, 2.75) is 19.7 Å². The third kappa shape index (κ3) is 4.67. The van der Waals surface area contributed by atoms with Gasteiger partial charge in [-0.1, -0.05) is 6.07 Å². The molecule has 168 valence electrons. The van der Waals surface area contributed by atoms with Crippen LogP contribution in [-0.4, -0.2) is 10.9 Å². The molecule has 2 aromatic carbocycles. The van der Waals surface area contributed by atoms with Gasteiger partial charge < -0.3 is 15.5 Å². The molecule has 0 aliphatic carbocycles. The van der Waals surface area contributed by atoms with Crippen LogP contribution in [0.3, 0.4) is 0 Å². The first kappa shape index (κ1) is 23.5. The van der Waals surface area contributed by atoms with Gasteiger partial charge in [0.15, 0.2) is 0 Å². The first-order valence-electron chi connectivity index (χ1n) is 8.90. The molecule has 0 fully saturated rings. The van der Waals surface area contributed by atoms with Crippen molar-refractivity contribution < 1.29 is 31.5 Å². The van der Waals surface area contributed by atoms with Gasteiger partial charge in [-0.3, -0.25) is 9.59 Å². The molecule has 0 bridgehead atoms. The molecule has 3 rings (SSSR count). The average Bonchev–Trinajstić information content (AvgIpc) is 2.69. The molecule has 3 N–H and O–H groups in total. The second-order valence-corrected chi connectivity index (χ2v) is 7.54. The number of aryl methyl sites for hydroxylation is 1. The second kappa shape index (κ2) is 8.73. The zero-order chi connectivity index (χ0) is 23.8. The van der Waals surface area contributed by atoms with Crippen LogP contribution in [0.25, 0.3) is 11.1 Å². The number of benzene rings is 2. The Morgan fingerprint density at radius 3 is 2.44 bits per heavy atom. The van der Waals surface area contributed by atoms with Crippen molar-refractivity contribution in [1.82, 2.24) is 4.98 Å². The van der Waals surface area contributed by atoms with Gasteiger partial charge in [-0.2, -0.15) is 13.2 Å². The van der Waals surface area contributed by atoms with Gasteiger partial charge >= 0.3 is 6.18 Å². The molecule has 32 heavy (non-hydrogen) atoms. The molecular weight excluding hydrogens is 503 g/mol. The predicted octanol–water partition coefficient (Wildman–Crippen LogP) is 5.09. The first-order chi connectivity index (χ1) is 14.9. The first-order valence-corrected chi connectivity index (χ1v) is 9.70. The van der Waals surface area contributed by atoms with Gasteiger partial charge in [0.05, 0.1) is 5.56 Å². The van der Waals surface area contributed by atoms with E-state index in [4.69, 9.17) is 10.5 Å². The fourth-order valence-electron chi connectivity index (χ4n) is 3.07. The second-order valence-electron chi connectivity index (χ2n) is 6.74. The fourth-order valence-corrected chi connectivity index (χ4v) is 3.48. The van der Waals surface area contributed by atoms with Gasteiger partial charge in [-0.15, -0.1) is 0 Å². The Morgan fingerprint density at radius 1 is 1.16 bits per heavy atom. The number of hydrogen-bond acceptors (Lipinski definition) is 3. The minimum Gasteiger partial charge on any atom is -0.487 e. The van der Waals surface area contributed by atoms with Crippen molar-refractivity contribution in [2.24, 2.45) is 5.73 Å². The number of H-pyrrole nitrogens is 1. The van der Waals surface area contributed by atoms with Crippen LogP contribution < -0.4 is 16.0 Å². The maximum absolute atomic E-state index is 14.0. The normalized spacial score (nSPS) is 11.5. The molecule has 0 unspecified atom stereocenters. The van der Waals surface area contributed by atoms with Crippen LogP contribution in [0.1, 0.15) is 27.2 Å². The zero-order valence-electron chi connectivity index (χ0n) is 16.2. The summed E-state index contributed by atoms with van der Waals surface area (Å²) in [4.78, 5) is 26.0. The number of nitrogens with two attached hydrogens (primary N) is 1. The smallest absolute Gasteiger partial charge is 0.417 e. The van der Waals surface area contributed by atoms with Gasteiger partial charge in [0.2, 0.25) is 5.91 Å². The third-order valence-electron chi connectivity index (χ3n) is 4.57. The number of pyridine rings is 1. The highest BCUT2D eigenvalue weighted by molar-refractivity contribution is 9.10. The molecule has 1 aromatic heterocycles. The molecule has 3 aromatic rings. The minimum atomic E-state index is -4.88. The monoisotopic (exact) mass is 516 g/mol. The summed E-state index contributed by atoms with van der Waals surface area (Å²) in [6, 6.07) is 5.46. The summed E-state index contributed by atoms with van der Waals surface area (Å²) in [6.07, 6.45) is -4.88. The van der Waals surface area contributed by atoms with Crippen molar-refractivity contribution in [3.05, 3.63) is 85.2 Å². The summed E-state index contributed by atoms with van der Waals surface area (Å²) >= 11 is 3.00. The van der Waals surface area contributed by atoms with Gasteiger partial charge in [0.1, 0.15) is 28.5 Å². The quantitative estimate of drug-likeness (QED) is 0.463. The third-order valence-corrected chi connectivity index (χ3v) is 5.29. The van der Waals surface area contributed by atoms with Crippen LogP contribution in [0.15, 0.2) is 45.7 Å². The summed E-state index contributed by atoms with van der Waals surface area (Å²) in [5.74, 6) is -3.08. The van der Waals surface area contributed by atoms with E-state index < -0.39 is 47.0 Å². The van der Waals surface area contributed by atoms with Crippen molar-refractivity contribution in [3.63, 3.8) is 0 Å². The molecule has 0 radical (unpaired) electrons. The van der Waals surface area contributed by atoms with Crippen LogP contribution in [0.5, 0.6) is 5.75 Å². The average molecular weight is 517 g/mol. The number of ether oxygens (including phenoxy) is 1. The van der Waals surface area contributed by atoms with E-state index in [1.807, 2.05) is 0 Å². The Balaban J connectivity index is 2.20. The summed E-state index contributed by atoms with van der Waals surface area (Å²) < 4.78 is 73.8. The number of carbonyl (C=O) groups is 1. The minimum absolute atomic E-state index is 0.0325. The maximum Gasteiger partial charge on any atom is 0.417 e. The Labute approximate surface area is 186 Å². The van der Waals surface area contributed by atoms with Crippen molar-refractivity contribution in [2.75, 3.05) is 0 Å². The molecule has 0 aliphatic heterocycles. The summed E-state index contributed by atoms with van der Waals surface area (Å²) in [6.45, 7) is 0.859. The van der Waals surface area contributed by atoms with E-state index in [2.05, 4.69) is 20.9 Å². The van der Waals surface area contributed by atoms with Crippen LogP contribution in [0.2, 0.25) is 0 Å². The van der Waals surface area contributed by atoms with E-state index in [1.165, 1.54) is 6.92 Å². The van der Waals surface area contributed by atoms with Crippen LogP contribution in [0, 0.1) is 18.6 Å². The Hall–Kier alpha value is -3.21. The summed E-state index contributed by atoms with van der Waals surface area (Å²) in [5, 5.41) is 0. The number of primary amides is 1. The van der Waals surface area contributed by atoms with Crippen molar-refractivity contribution in [3.8, 4) is 16.9 Å². The zero-order valence-corrected chi connectivity index (χ0v) is 17.8. The molecule has 11 heteroatoms. The fraction of sp³-hybridized carbons (Fsp3) is 0.143. The Morgan fingerprint density at radius 2 is 1.84 bits per heavy atom.